The molecule has 2 bridgehead atoms. The second-order valence-electron chi connectivity index (χ2n) is 6.57. The third kappa shape index (κ3) is 2.10. The zero-order valence-corrected chi connectivity index (χ0v) is 13.1. The van der Waals surface area contributed by atoms with Gasteiger partial charge in [-0.3, -0.25) is 0 Å². The van der Waals surface area contributed by atoms with E-state index in [1.54, 1.807) is 0 Å². The summed E-state index contributed by atoms with van der Waals surface area (Å²) in [6.45, 7) is 0. The van der Waals surface area contributed by atoms with Crippen molar-refractivity contribution in [3.8, 4) is 0 Å². The van der Waals surface area contributed by atoms with Gasteiger partial charge in [0.25, 0.3) is 0 Å². The molecule has 0 heterocycles. The maximum absolute atomic E-state index is 14.2. The van der Waals surface area contributed by atoms with Crippen molar-refractivity contribution < 1.29 is 4.57 Å². The standard InChI is InChI=1S/C19H21OP/c20-21(17-7-3-1-4-8-17,18-9-5-2-6-10-18)19-14-15-11-12-16(19)13-15/h1-10,15-16,19H,11-14H2/t15-,16+,19+/m1/s1. The van der Waals surface area contributed by atoms with Crippen molar-refractivity contribution in [2.75, 3.05) is 0 Å². The van der Waals surface area contributed by atoms with Crippen molar-refractivity contribution in [1.29, 1.82) is 0 Å². The highest BCUT2D eigenvalue weighted by Crippen LogP contribution is 2.62. The van der Waals surface area contributed by atoms with E-state index in [2.05, 4.69) is 24.3 Å². The monoisotopic (exact) mass is 296 g/mol. The van der Waals surface area contributed by atoms with Crippen molar-refractivity contribution >= 4 is 17.8 Å². The van der Waals surface area contributed by atoms with Gasteiger partial charge in [-0.25, -0.2) is 0 Å². The highest BCUT2D eigenvalue weighted by Gasteiger charge is 2.49. The number of hydrogen-bond acceptors (Lipinski definition) is 1. The quantitative estimate of drug-likeness (QED) is 0.776. The molecular weight excluding hydrogens is 275 g/mol. The van der Waals surface area contributed by atoms with Gasteiger partial charge in [-0.1, -0.05) is 67.1 Å². The summed E-state index contributed by atoms with van der Waals surface area (Å²) in [6.07, 6.45) is 5.09. The van der Waals surface area contributed by atoms with Gasteiger partial charge < -0.3 is 4.57 Å². The minimum absolute atomic E-state index is 0.362. The zero-order valence-electron chi connectivity index (χ0n) is 12.2. The first-order valence-corrected chi connectivity index (χ1v) is 9.77. The fourth-order valence-corrected chi connectivity index (χ4v) is 8.24. The molecule has 0 radical (unpaired) electrons. The Kier molecular flexibility index (Phi) is 3.27. The number of hydrogen-bond donors (Lipinski definition) is 0. The minimum Gasteiger partial charge on any atom is -0.313 e. The molecule has 3 atom stereocenters. The van der Waals surface area contributed by atoms with Crippen LogP contribution in [0.4, 0.5) is 0 Å². The molecule has 2 aromatic carbocycles. The Balaban J connectivity index is 1.85. The Morgan fingerprint density at radius 3 is 1.76 bits per heavy atom. The van der Waals surface area contributed by atoms with E-state index in [4.69, 9.17) is 0 Å². The lowest BCUT2D eigenvalue weighted by Gasteiger charge is -2.31. The van der Waals surface area contributed by atoms with E-state index < -0.39 is 7.14 Å². The molecule has 0 spiro atoms. The van der Waals surface area contributed by atoms with Gasteiger partial charge >= 0.3 is 0 Å². The van der Waals surface area contributed by atoms with E-state index in [1.165, 1.54) is 19.3 Å². The van der Waals surface area contributed by atoms with Crippen LogP contribution in [-0.2, 0) is 4.57 Å². The van der Waals surface area contributed by atoms with Gasteiger partial charge in [0, 0.05) is 16.3 Å². The Labute approximate surface area is 126 Å². The van der Waals surface area contributed by atoms with E-state index in [0.29, 0.717) is 11.6 Å². The molecule has 2 saturated carbocycles. The number of benzene rings is 2. The van der Waals surface area contributed by atoms with Crippen molar-refractivity contribution in [1.82, 2.24) is 0 Å². The molecule has 2 aliphatic carbocycles. The lowest BCUT2D eigenvalue weighted by Crippen LogP contribution is -2.29. The molecule has 108 valence electrons. The van der Waals surface area contributed by atoms with Crippen molar-refractivity contribution in [3.63, 3.8) is 0 Å². The van der Waals surface area contributed by atoms with E-state index in [9.17, 15) is 4.57 Å². The summed E-state index contributed by atoms with van der Waals surface area (Å²) in [5.41, 5.74) is 0.362. The van der Waals surface area contributed by atoms with Crippen molar-refractivity contribution in [2.24, 2.45) is 11.8 Å². The van der Waals surface area contributed by atoms with Crippen LogP contribution >= 0.6 is 7.14 Å². The molecular formula is C19H21OP. The van der Waals surface area contributed by atoms with Crippen LogP contribution in [0.5, 0.6) is 0 Å². The second-order valence-corrected chi connectivity index (χ2v) is 9.58. The number of rotatable bonds is 3. The van der Waals surface area contributed by atoms with Crippen LogP contribution in [0.15, 0.2) is 60.7 Å². The van der Waals surface area contributed by atoms with Gasteiger partial charge in [0.05, 0.1) is 0 Å². The Morgan fingerprint density at radius 2 is 1.33 bits per heavy atom. The molecule has 21 heavy (non-hydrogen) atoms. The first kappa shape index (κ1) is 13.3. The maximum Gasteiger partial charge on any atom is 0.146 e. The molecule has 0 aliphatic heterocycles. The average molecular weight is 296 g/mol. The van der Waals surface area contributed by atoms with Crippen LogP contribution in [0, 0.1) is 11.8 Å². The van der Waals surface area contributed by atoms with E-state index in [-0.39, 0.29) is 0 Å². The molecule has 2 aromatic rings. The summed E-state index contributed by atoms with van der Waals surface area (Å²) in [7, 11) is -2.51. The molecule has 1 nitrogen and oxygen atoms in total. The fourth-order valence-electron chi connectivity index (χ4n) is 4.49. The van der Waals surface area contributed by atoms with Crippen molar-refractivity contribution in [2.45, 2.75) is 31.3 Å². The largest absolute Gasteiger partial charge is 0.313 e. The fraction of sp³-hybridized carbons (Fsp3) is 0.368. The van der Waals surface area contributed by atoms with E-state index in [0.717, 1.165) is 22.9 Å². The maximum atomic E-state index is 14.2. The Morgan fingerprint density at radius 1 is 0.762 bits per heavy atom. The molecule has 2 fully saturated rings. The van der Waals surface area contributed by atoms with Gasteiger partial charge in [-0.05, 0) is 31.1 Å². The summed E-state index contributed by atoms with van der Waals surface area (Å²) in [4.78, 5) is 0. The summed E-state index contributed by atoms with van der Waals surface area (Å²) in [5.74, 6) is 1.49. The zero-order chi connectivity index (χ0) is 14.3. The van der Waals surface area contributed by atoms with E-state index >= 15 is 0 Å². The highest BCUT2D eigenvalue weighted by molar-refractivity contribution is 7.79. The molecule has 0 aromatic heterocycles. The van der Waals surface area contributed by atoms with Crippen molar-refractivity contribution in [3.05, 3.63) is 60.7 Å². The van der Waals surface area contributed by atoms with Crippen LogP contribution in [0.3, 0.4) is 0 Å². The first-order chi connectivity index (χ1) is 10.3. The average Bonchev–Trinajstić information content (AvgIpc) is 3.19. The number of fused-ring (bicyclic) bond motifs is 2. The van der Waals surface area contributed by atoms with Gasteiger partial charge in [0.1, 0.15) is 7.14 Å². The predicted octanol–water partition coefficient (Wildman–Crippen LogP) is 4.19. The lowest BCUT2D eigenvalue weighted by atomic mass is 10.0. The summed E-state index contributed by atoms with van der Waals surface area (Å²) in [6, 6.07) is 20.4. The van der Waals surface area contributed by atoms with Gasteiger partial charge in [-0.15, -0.1) is 0 Å². The normalized spacial score (nSPS) is 27.9. The van der Waals surface area contributed by atoms with Crippen LogP contribution in [-0.4, -0.2) is 5.66 Å². The molecule has 0 saturated heterocycles. The molecule has 0 unspecified atom stereocenters. The van der Waals surface area contributed by atoms with Gasteiger partial charge in [0.15, 0.2) is 0 Å². The molecule has 0 N–H and O–H groups in total. The SMILES string of the molecule is O=P(c1ccccc1)(c1ccccc1)[C@H]1C[C@@H]2CC[C@H]1C2. The predicted molar refractivity (Wildman–Crippen MR) is 89.0 cm³/mol. The smallest absolute Gasteiger partial charge is 0.146 e. The van der Waals surface area contributed by atoms with Crippen LogP contribution in [0.2, 0.25) is 0 Å². The molecule has 2 aliphatic rings. The first-order valence-electron chi connectivity index (χ1n) is 7.99. The van der Waals surface area contributed by atoms with Gasteiger partial charge in [-0.2, -0.15) is 0 Å². The molecule has 2 heteroatoms. The summed E-state index contributed by atoms with van der Waals surface area (Å²) >= 11 is 0. The summed E-state index contributed by atoms with van der Waals surface area (Å²) < 4.78 is 14.2. The lowest BCUT2D eigenvalue weighted by molar-refractivity contribution is 0.470. The highest BCUT2D eigenvalue weighted by atomic mass is 31.2. The second kappa shape index (κ2) is 5.14. The van der Waals surface area contributed by atoms with Crippen LogP contribution in [0.1, 0.15) is 25.7 Å². The van der Waals surface area contributed by atoms with Crippen LogP contribution < -0.4 is 10.6 Å². The molecule has 4 rings (SSSR count). The topological polar surface area (TPSA) is 17.1 Å². The van der Waals surface area contributed by atoms with Crippen LogP contribution in [0.25, 0.3) is 0 Å². The minimum atomic E-state index is -2.51. The third-order valence-corrected chi connectivity index (χ3v) is 9.14. The van der Waals surface area contributed by atoms with Gasteiger partial charge in [0.2, 0.25) is 0 Å². The Hall–Kier alpha value is -1.33. The molecule has 0 amide bonds. The Bertz CT molecular complexity index is 621. The summed E-state index contributed by atoms with van der Waals surface area (Å²) in [5, 5.41) is 2.10. The third-order valence-electron chi connectivity index (χ3n) is 5.45. The van der Waals surface area contributed by atoms with E-state index in [1.807, 2.05) is 36.4 Å².